The lowest BCUT2D eigenvalue weighted by atomic mass is 10.1. The number of fused-ring (bicyclic) bond motifs is 1. The highest BCUT2D eigenvalue weighted by Gasteiger charge is 2.30. The molecular formula is C27H27N5O5. The van der Waals surface area contributed by atoms with Gasteiger partial charge in [0.1, 0.15) is 18.1 Å². The third-order valence-electron chi connectivity index (χ3n) is 5.83. The van der Waals surface area contributed by atoms with Crippen molar-refractivity contribution in [3.8, 4) is 17.4 Å². The lowest BCUT2D eigenvalue weighted by Gasteiger charge is -2.12. The predicted octanol–water partition coefficient (Wildman–Crippen LogP) is 4.46. The third-order valence-corrected chi connectivity index (χ3v) is 5.83. The van der Waals surface area contributed by atoms with Crippen molar-refractivity contribution in [2.75, 3.05) is 31.0 Å². The van der Waals surface area contributed by atoms with E-state index in [0.29, 0.717) is 53.3 Å². The average Bonchev–Trinajstić information content (AvgIpc) is 3.67. The summed E-state index contributed by atoms with van der Waals surface area (Å²) in [6, 6.07) is 15.8. The summed E-state index contributed by atoms with van der Waals surface area (Å²) in [6.45, 7) is 2.76. The summed E-state index contributed by atoms with van der Waals surface area (Å²) >= 11 is 0. The molecule has 2 amide bonds. The Balaban J connectivity index is 1.27. The molecule has 37 heavy (non-hydrogen) atoms. The fourth-order valence-corrected chi connectivity index (χ4v) is 3.64. The van der Waals surface area contributed by atoms with Gasteiger partial charge < -0.3 is 24.8 Å². The molecule has 2 aromatic carbocycles. The number of methoxy groups -OCH3 is 1. The summed E-state index contributed by atoms with van der Waals surface area (Å²) in [6.07, 6.45) is 3.49. The highest BCUT2D eigenvalue weighted by molar-refractivity contribution is 6.05. The van der Waals surface area contributed by atoms with Gasteiger partial charge in [-0.05, 0) is 55.7 Å². The fourth-order valence-electron chi connectivity index (χ4n) is 3.64. The first-order valence-electron chi connectivity index (χ1n) is 12.0. The Morgan fingerprint density at radius 2 is 1.89 bits per heavy atom. The number of carbonyl (C=O) groups is 2. The first-order valence-corrected chi connectivity index (χ1v) is 12.0. The Hall–Kier alpha value is -4.44. The van der Waals surface area contributed by atoms with Crippen LogP contribution < -0.4 is 20.1 Å². The summed E-state index contributed by atoms with van der Waals surface area (Å²) in [7, 11) is 1.60. The molecule has 0 bridgehead atoms. The van der Waals surface area contributed by atoms with Gasteiger partial charge in [-0.3, -0.25) is 9.59 Å². The number of hydrogen-bond acceptors (Lipinski definition) is 7. The van der Waals surface area contributed by atoms with E-state index in [1.54, 1.807) is 66.4 Å². The van der Waals surface area contributed by atoms with E-state index in [9.17, 15) is 9.59 Å². The maximum Gasteiger partial charge on any atom is 0.255 e. The number of amides is 2. The SMILES string of the molecule is COCCOc1cccc(C(=O)Nc2cc(Oc3ccc4nc(NC(=O)C5CC5)cn4n3)ccc2C)c1. The number of carbonyl (C=O) groups excluding carboxylic acids is 2. The van der Waals surface area contributed by atoms with Crippen molar-refractivity contribution < 1.29 is 23.8 Å². The zero-order valence-electron chi connectivity index (χ0n) is 20.6. The number of ether oxygens (including phenoxy) is 3. The molecule has 0 saturated heterocycles. The van der Waals surface area contributed by atoms with Gasteiger partial charge in [-0.2, -0.15) is 0 Å². The summed E-state index contributed by atoms with van der Waals surface area (Å²) in [5.41, 5.74) is 2.55. The van der Waals surface area contributed by atoms with E-state index in [1.165, 1.54) is 0 Å². The van der Waals surface area contributed by atoms with Crippen LogP contribution >= 0.6 is 0 Å². The second-order valence-corrected chi connectivity index (χ2v) is 8.77. The van der Waals surface area contributed by atoms with Crippen LogP contribution in [-0.4, -0.2) is 46.7 Å². The molecule has 0 unspecified atom stereocenters. The Morgan fingerprint density at radius 3 is 2.70 bits per heavy atom. The molecule has 1 aliphatic carbocycles. The number of rotatable bonds is 10. The maximum absolute atomic E-state index is 12.9. The van der Waals surface area contributed by atoms with Gasteiger partial charge in [0.05, 0.1) is 12.8 Å². The van der Waals surface area contributed by atoms with Crippen LogP contribution in [0.1, 0.15) is 28.8 Å². The molecule has 2 aromatic heterocycles. The van der Waals surface area contributed by atoms with Crippen LogP contribution in [0, 0.1) is 12.8 Å². The molecule has 0 spiro atoms. The van der Waals surface area contributed by atoms with Gasteiger partial charge in [0.2, 0.25) is 11.8 Å². The first-order chi connectivity index (χ1) is 18.0. The first kappa shape index (κ1) is 24.3. The molecule has 5 rings (SSSR count). The van der Waals surface area contributed by atoms with Crippen molar-refractivity contribution in [3.05, 3.63) is 71.9 Å². The average molecular weight is 502 g/mol. The molecular weight excluding hydrogens is 474 g/mol. The molecule has 10 heteroatoms. The number of aryl methyl sites for hydroxylation is 1. The zero-order valence-corrected chi connectivity index (χ0v) is 20.6. The van der Waals surface area contributed by atoms with Gasteiger partial charge in [0.25, 0.3) is 5.91 Å². The van der Waals surface area contributed by atoms with Gasteiger partial charge in [0, 0.05) is 36.4 Å². The maximum atomic E-state index is 12.9. The zero-order chi connectivity index (χ0) is 25.8. The van der Waals surface area contributed by atoms with Crippen molar-refractivity contribution in [2.24, 2.45) is 5.92 Å². The van der Waals surface area contributed by atoms with E-state index in [1.807, 2.05) is 13.0 Å². The molecule has 0 aliphatic heterocycles. The largest absolute Gasteiger partial charge is 0.491 e. The van der Waals surface area contributed by atoms with Gasteiger partial charge in [-0.1, -0.05) is 12.1 Å². The summed E-state index contributed by atoms with van der Waals surface area (Å²) in [5.74, 6) is 1.70. The molecule has 1 saturated carbocycles. The minimum absolute atomic E-state index is 0.0144. The van der Waals surface area contributed by atoms with E-state index in [-0.39, 0.29) is 17.7 Å². The number of nitrogens with one attached hydrogen (secondary N) is 2. The molecule has 0 atom stereocenters. The van der Waals surface area contributed by atoms with Crippen LogP contribution in [0.2, 0.25) is 0 Å². The normalized spacial score (nSPS) is 12.8. The van der Waals surface area contributed by atoms with Crippen molar-refractivity contribution in [3.63, 3.8) is 0 Å². The minimum Gasteiger partial charge on any atom is -0.491 e. The lowest BCUT2D eigenvalue weighted by Crippen LogP contribution is -2.13. The van der Waals surface area contributed by atoms with Crippen molar-refractivity contribution in [1.82, 2.24) is 14.6 Å². The molecule has 0 radical (unpaired) electrons. The molecule has 2 N–H and O–H groups in total. The topological polar surface area (TPSA) is 116 Å². The number of nitrogens with zero attached hydrogens (tertiary/aromatic N) is 3. The fraction of sp³-hybridized carbons (Fsp3) is 0.259. The second-order valence-electron chi connectivity index (χ2n) is 8.77. The number of hydrogen-bond donors (Lipinski definition) is 2. The summed E-state index contributed by atoms with van der Waals surface area (Å²) < 4.78 is 18.1. The van der Waals surface area contributed by atoms with E-state index < -0.39 is 0 Å². The summed E-state index contributed by atoms with van der Waals surface area (Å²) in [4.78, 5) is 29.3. The highest BCUT2D eigenvalue weighted by atomic mass is 16.5. The molecule has 190 valence electrons. The van der Waals surface area contributed by atoms with Crippen molar-refractivity contribution in [1.29, 1.82) is 0 Å². The highest BCUT2D eigenvalue weighted by Crippen LogP contribution is 2.30. The molecule has 4 aromatic rings. The van der Waals surface area contributed by atoms with E-state index >= 15 is 0 Å². The standard InChI is InChI=1S/C27H27N5O5/c1-17-6-9-21(15-22(17)28-27(34)19-4-3-5-20(14-19)36-13-12-35-2)37-25-11-10-24-29-23(16-32(24)31-25)30-26(33)18-7-8-18/h3-6,9-11,14-16,18H,7-8,12-13H2,1-2H3,(H,28,34)(H,30,33). The third kappa shape index (κ3) is 6.04. The number of benzene rings is 2. The van der Waals surface area contributed by atoms with Crippen LogP contribution in [-0.2, 0) is 9.53 Å². The molecule has 1 aliphatic rings. The van der Waals surface area contributed by atoms with Crippen LogP contribution in [0.4, 0.5) is 11.5 Å². The molecule has 1 fully saturated rings. The van der Waals surface area contributed by atoms with E-state index in [2.05, 4.69) is 20.7 Å². The Labute approximate surface area is 213 Å². The molecule has 2 heterocycles. The van der Waals surface area contributed by atoms with Gasteiger partial charge in [-0.25, -0.2) is 9.50 Å². The number of aromatic nitrogens is 3. The number of anilines is 2. The van der Waals surface area contributed by atoms with Crippen LogP contribution in [0.3, 0.4) is 0 Å². The Morgan fingerprint density at radius 1 is 1.03 bits per heavy atom. The Kier molecular flexibility index (Phi) is 7.00. The minimum atomic E-state index is -0.267. The van der Waals surface area contributed by atoms with Crippen LogP contribution in [0.5, 0.6) is 17.4 Å². The monoisotopic (exact) mass is 501 g/mol. The Bertz CT molecular complexity index is 1450. The van der Waals surface area contributed by atoms with Gasteiger partial charge >= 0.3 is 0 Å². The van der Waals surface area contributed by atoms with E-state index in [4.69, 9.17) is 14.2 Å². The van der Waals surface area contributed by atoms with Crippen molar-refractivity contribution >= 4 is 29.0 Å². The van der Waals surface area contributed by atoms with Crippen molar-refractivity contribution in [2.45, 2.75) is 19.8 Å². The van der Waals surface area contributed by atoms with Crippen LogP contribution in [0.25, 0.3) is 5.65 Å². The quantitative estimate of drug-likeness (QED) is 0.308. The molecule has 10 nitrogen and oxygen atoms in total. The van der Waals surface area contributed by atoms with Gasteiger partial charge in [-0.15, -0.1) is 5.10 Å². The predicted molar refractivity (Wildman–Crippen MR) is 137 cm³/mol. The second kappa shape index (κ2) is 10.7. The van der Waals surface area contributed by atoms with Gasteiger partial charge in [0.15, 0.2) is 11.5 Å². The smallest absolute Gasteiger partial charge is 0.255 e. The number of imidazole rings is 1. The van der Waals surface area contributed by atoms with E-state index in [0.717, 1.165) is 18.4 Å². The lowest BCUT2D eigenvalue weighted by molar-refractivity contribution is -0.117. The van der Waals surface area contributed by atoms with Crippen LogP contribution in [0.15, 0.2) is 60.8 Å². The summed E-state index contributed by atoms with van der Waals surface area (Å²) in [5, 5.41) is 10.2.